The highest BCUT2D eigenvalue weighted by Crippen LogP contribution is 2.35. The van der Waals surface area contributed by atoms with E-state index in [1.165, 1.54) is 18.7 Å². The second kappa shape index (κ2) is 8.08. The number of aryl methyl sites for hydroxylation is 1. The number of ether oxygens (including phenoxy) is 2. The summed E-state index contributed by atoms with van der Waals surface area (Å²) in [6.07, 6.45) is 2.97. The van der Waals surface area contributed by atoms with Gasteiger partial charge in [-0.2, -0.15) is 0 Å². The van der Waals surface area contributed by atoms with Gasteiger partial charge in [0.25, 0.3) is 0 Å². The van der Waals surface area contributed by atoms with E-state index in [0.29, 0.717) is 6.42 Å². The number of hydrogen-bond acceptors (Lipinski definition) is 4. The average molecular weight is 300 g/mol. The number of phenolic OH excluding ortho intramolecular Hbond substituents is 1. The van der Waals surface area contributed by atoms with Gasteiger partial charge in [-0.3, -0.25) is 4.79 Å². The van der Waals surface area contributed by atoms with Crippen molar-refractivity contribution in [3.05, 3.63) is 54.1 Å². The van der Waals surface area contributed by atoms with Crippen LogP contribution in [0.25, 0.3) is 0 Å². The van der Waals surface area contributed by atoms with Crippen LogP contribution in [0.1, 0.15) is 24.8 Å². The quantitative estimate of drug-likeness (QED) is 0.481. The summed E-state index contributed by atoms with van der Waals surface area (Å²) in [6.45, 7) is 0. The van der Waals surface area contributed by atoms with Crippen LogP contribution in [0.3, 0.4) is 0 Å². The zero-order valence-electron chi connectivity index (χ0n) is 12.6. The van der Waals surface area contributed by atoms with Gasteiger partial charge in [0, 0.05) is 6.42 Å². The van der Waals surface area contributed by atoms with Crippen molar-refractivity contribution in [2.24, 2.45) is 0 Å². The van der Waals surface area contributed by atoms with Crippen molar-refractivity contribution >= 4 is 5.97 Å². The summed E-state index contributed by atoms with van der Waals surface area (Å²) in [5.41, 5.74) is 1.27. The van der Waals surface area contributed by atoms with Gasteiger partial charge in [-0.05, 0) is 37.0 Å². The van der Waals surface area contributed by atoms with E-state index in [0.717, 1.165) is 19.3 Å². The second-order valence-corrected chi connectivity index (χ2v) is 4.98. The van der Waals surface area contributed by atoms with Gasteiger partial charge in [0.05, 0.1) is 7.11 Å². The van der Waals surface area contributed by atoms with Gasteiger partial charge in [-0.1, -0.05) is 36.4 Å². The molecule has 0 aliphatic carbocycles. The first-order chi connectivity index (χ1) is 10.7. The van der Waals surface area contributed by atoms with E-state index in [1.807, 2.05) is 18.2 Å². The van der Waals surface area contributed by atoms with Gasteiger partial charge in [0.2, 0.25) is 5.75 Å². The Balaban J connectivity index is 1.78. The van der Waals surface area contributed by atoms with Gasteiger partial charge >= 0.3 is 5.97 Å². The van der Waals surface area contributed by atoms with Gasteiger partial charge in [0.1, 0.15) is 0 Å². The number of aromatic hydroxyl groups is 1. The number of phenols is 1. The lowest BCUT2D eigenvalue weighted by molar-refractivity contribution is -0.134. The minimum absolute atomic E-state index is 0.0446. The molecule has 0 heterocycles. The van der Waals surface area contributed by atoms with Crippen molar-refractivity contribution in [1.29, 1.82) is 0 Å². The molecule has 0 unspecified atom stereocenters. The topological polar surface area (TPSA) is 55.8 Å². The normalized spacial score (nSPS) is 10.2. The number of unbranched alkanes of at least 4 members (excludes halogenated alkanes) is 1. The van der Waals surface area contributed by atoms with Gasteiger partial charge in [0.15, 0.2) is 11.5 Å². The summed E-state index contributed by atoms with van der Waals surface area (Å²) in [5, 5.41) is 9.63. The van der Waals surface area contributed by atoms with Crippen LogP contribution in [-0.2, 0) is 11.2 Å². The molecule has 0 saturated heterocycles. The molecule has 1 N–H and O–H groups in total. The molecule has 0 aromatic heterocycles. The molecule has 0 bridgehead atoms. The first-order valence-electron chi connectivity index (χ1n) is 7.31. The average Bonchev–Trinajstić information content (AvgIpc) is 2.53. The Morgan fingerprint density at radius 1 is 1.05 bits per heavy atom. The second-order valence-electron chi connectivity index (χ2n) is 4.98. The molecule has 0 amide bonds. The maximum absolute atomic E-state index is 11.8. The lowest BCUT2D eigenvalue weighted by Gasteiger charge is -2.10. The van der Waals surface area contributed by atoms with E-state index >= 15 is 0 Å². The summed E-state index contributed by atoms with van der Waals surface area (Å²) >= 11 is 0. The molecule has 0 saturated carbocycles. The maximum atomic E-state index is 11.8. The van der Waals surface area contributed by atoms with E-state index in [4.69, 9.17) is 9.47 Å². The molecular weight excluding hydrogens is 280 g/mol. The summed E-state index contributed by atoms with van der Waals surface area (Å²) in [6, 6.07) is 14.9. The van der Waals surface area contributed by atoms with E-state index in [9.17, 15) is 9.90 Å². The molecule has 4 nitrogen and oxygen atoms in total. The fourth-order valence-electron chi connectivity index (χ4n) is 2.21. The Bertz CT molecular complexity index is 608. The first-order valence-corrected chi connectivity index (χ1v) is 7.31. The predicted molar refractivity (Wildman–Crippen MR) is 84.3 cm³/mol. The third-order valence-electron chi connectivity index (χ3n) is 3.33. The molecule has 4 heteroatoms. The number of para-hydroxylation sites is 1. The van der Waals surface area contributed by atoms with Crippen LogP contribution >= 0.6 is 0 Å². The van der Waals surface area contributed by atoms with Crippen LogP contribution in [0.4, 0.5) is 0 Å². The Kier molecular flexibility index (Phi) is 5.83. The molecule has 2 aromatic carbocycles. The number of hydrogen-bond donors (Lipinski definition) is 1. The number of benzene rings is 2. The molecule has 116 valence electrons. The van der Waals surface area contributed by atoms with Crippen molar-refractivity contribution in [3.8, 4) is 17.2 Å². The number of rotatable bonds is 7. The Hall–Kier alpha value is -2.49. The minimum Gasteiger partial charge on any atom is -0.504 e. The van der Waals surface area contributed by atoms with E-state index in [1.54, 1.807) is 12.1 Å². The van der Waals surface area contributed by atoms with E-state index in [2.05, 4.69) is 12.1 Å². The van der Waals surface area contributed by atoms with Crippen LogP contribution in [0.2, 0.25) is 0 Å². The van der Waals surface area contributed by atoms with Crippen LogP contribution in [-0.4, -0.2) is 18.2 Å². The lowest BCUT2D eigenvalue weighted by atomic mass is 10.1. The number of esters is 1. The molecule has 0 aliphatic rings. The fraction of sp³-hybridized carbons (Fsp3) is 0.278. The van der Waals surface area contributed by atoms with Crippen molar-refractivity contribution in [2.75, 3.05) is 7.11 Å². The molecule has 0 aliphatic heterocycles. The van der Waals surface area contributed by atoms with Crippen molar-refractivity contribution in [1.82, 2.24) is 0 Å². The molecule has 22 heavy (non-hydrogen) atoms. The molecule has 0 atom stereocenters. The van der Waals surface area contributed by atoms with Crippen molar-refractivity contribution < 1.29 is 19.4 Å². The smallest absolute Gasteiger partial charge is 0.311 e. The highest BCUT2D eigenvalue weighted by Gasteiger charge is 2.13. The van der Waals surface area contributed by atoms with Gasteiger partial charge < -0.3 is 14.6 Å². The summed E-state index contributed by atoms with van der Waals surface area (Å²) in [4.78, 5) is 11.8. The minimum atomic E-state index is -0.322. The zero-order chi connectivity index (χ0) is 15.8. The van der Waals surface area contributed by atoms with Crippen LogP contribution in [0, 0.1) is 0 Å². The fourth-order valence-corrected chi connectivity index (χ4v) is 2.21. The van der Waals surface area contributed by atoms with E-state index < -0.39 is 0 Å². The van der Waals surface area contributed by atoms with E-state index in [-0.39, 0.29) is 23.2 Å². The standard InChI is InChI=1S/C18H20O4/c1-21-18-15(19)11-7-12-16(18)22-17(20)13-6-5-10-14-8-3-2-4-9-14/h2-4,7-9,11-12,19H,5-6,10,13H2,1H3. The maximum Gasteiger partial charge on any atom is 0.311 e. The third-order valence-corrected chi connectivity index (χ3v) is 3.33. The molecule has 2 rings (SSSR count). The Morgan fingerprint density at radius 2 is 1.82 bits per heavy atom. The zero-order valence-corrected chi connectivity index (χ0v) is 12.6. The third kappa shape index (κ3) is 4.52. The first kappa shape index (κ1) is 15.9. The Morgan fingerprint density at radius 3 is 2.55 bits per heavy atom. The van der Waals surface area contributed by atoms with Crippen LogP contribution in [0.15, 0.2) is 48.5 Å². The summed E-state index contributed by atoms with van der Waals surface area (Å²) in [7, 11) is 1.42. The number of carbonyl (C=O) groups excluding carboxylic acids is 1. The van der Waals surface area contributed by atoms with Crippen molar-refractivity contribution in [2.45, 2.75) is 25.7 Å². The van der Waals surface area contributed by atoms with Gasteiger partial charge in [-0.25, -0.2) is 0 Å². The monoisotopic (exact) mass is 300 g/mol. The predicted octanol–water partition coefficient (Wildman–Crippen LogP) is 3.72. The summed E-state index contributed by atoms with van der Waals surface area (Å²) in [5.74, 6) is 0.0598. The highest BCUT2D eigenvalue weighted by atomic mass is 16.6. The number of carbonyl (C=O) groups is 1. The van der Waals surface area contributed by atoms with Crippen LogP contribution < -0.4 is 9.47 Å². The largest absolute Gasteiger partial charge is 0.504 e. The van der Waals surface area contributed by atoms with Crippen molar-refractivity contribution in [3.63, 3.8) is 0 Å². The SMILES string of the molecule is COc1c(O)cccc1OC(=O)CCCCc1ccccc1. The highest BCUT2D eigenvalue weighted by molar-refractivity contribution is 5.73. The van der Waals surface area contributed by atoms with Gasteiger partial charge in [-0.15, -0.1) is 0 Å². The molecule has 0 spiro atoms. The van der Waals surface area contributed by atoms with Crippen LogP contribution in [0.5, 0.6) is 17.2 Å². The summed E-state index contributed by atoms with van der Waals surface area (Å²) < 4.78 is 10.3. The number of methoxy groups -OCH3 is 1. The molecular formula is C18H20O4. The lowest BCUT2D eigenvalue weighted by Crippen LogP contribution is -2.08. The molecule has 0 fully saturated rings. The Labute approximate surface area is 130 Å². The molecule has 2 aromatic rings. The molecule has 0 radical (unpaired) electrons.